The van der Waals surface area contributed by atoms with E-state index in [2.05, 4.69) is 52.7 Å². The Kier molecular flexibility index (Phi) is 4.78. The number of hydrogen-bond donors (Lipinski definition) is 0. The maximum absolute atomic E-state index is 6.26. The summed E-state index contributed by atoms with van der Waals surface area (Å²) in [4.78, 5) is 11.8. The number of aryl methyl sites for hydroxylation is 1. The Morgan fingerprint density at radius 1 is 1.10 bits per heavy atom. The van der Waals surface area contributed by atoms with E-state index in [0.717, 1.165) is 49.0 Å². The van der Waals surface area contributed by atoms with Crippen LogP contribution < -0.4 is 4.74 Å². The second-order valence-corrected chi connectivity index (χ2v) is 9.12. The zero-order chi connectivity index (χ0) is 19.8. The summed E-state index contributed by atoms with van der Waals surface area (Å²) in [5.74, 6) is 2.77. The Balaban J connectivity index is 1.23. The van der Waals surface area contributed by atoms with Crippen LogP contribution in [0.2, 0.25) is 0 Å². The van der Waals surface area contributed by atoms with Crippen molar-refractivity contribution in [3.05, 3.63) is 54.0 Å². The van der Waals surface area contributed by atoms with Crippen LogP contribution in [-0.4, -0.2) is 39.1 Å². The van der Waals surface area contributed by atoms with E-state index in [0.29, 0.717) is 11.3 Å². The van der Waals surface area contributed by atoms with Gasteiger partial charge in [0.15, 0.2) is 5.65 Å². The van der Waals surface area contributed by atoms with E-state index in [1.807, 2.05) is 18.3 Å². The van der Waals surface area contributed by atoms with Gasteiger partial charge in [-0.3, -0.25) is 4.90 Å². The number of benzene rings is 1. The average Bonchev–Trinajstić information content (AvgIpc) is 3.41. The van der Waals surface area contributed by atoms with Gasteiger partial charge in [0.05, 0.1) is 13.2 Å². The second-order valence-electron chi connectivity index (χ2n) is 9.12. The minimum Gasteiger partial charge on any atom is -0.493 e. The fourth-order valence-electron chi connectivity index (χ4n) is 4.37. The van der Waals surface area contributed by atoms with Gasteiger partial charge >= 0.3 is 0 Å². The third kappa shape index (κ3) is 3.88. The standard InChI is InChI=1S/C24H30N4O/c1-24(11-12-24)17-29-21-8-4-3-6-19(21)18-9-14-28(15-10-18)16-22-26-20-7-5-13-25-23(20)27(22)2/h3-8,13,18H,9-12,14-17H2,1-2H3. The van der Waals surface area contributed by atoms with Crippen LogP contribution in [0.15, 0.2) is 42.6 Å². The van der Waals surface area contributed by atoms with Crippen LogP contribution in [0.5, 0.6) is 5.75 Å². The van der Waals surface area contributed by atoms with Gasteiger partial charge in [0.1, 0.15) is 17.1 Å². The fraction of sp³-hybridized carbons (Fsp3) is 0.500. The summed E-state index contributed by atoms with van der Waals surface area (Å²) in [6.07, 6.45) is 6.76. The lowest BCUT2D eigenvalue weighted by Crippen LogP contribution is -2.33. The molecule has 0 N–H and O–H groups in total. The van der Waals surface area contributed by atoms with Crippen LogP contribution in [0.3, 0.4) is 0 Å². The normalized spacial score (nSPS) is 19.5. The van der Waals surface area contributed by atoms with Gasteiger partial charge in [0.25, 0.3) is 0 Å². The van der Waals surface area contributed by atoms with Crippen LogP contribution in [0.4, 0.5) is 0 Å². The number of pyridine rings is 1. The zero-order valence-electron chi connectivity index (χ0n) is 17.5. The van der Waals surface area contributed by atoms with Crippen molar-refractivity contribution in [2.75, 3.05) is 19.7 Å². The van der Waals surface area contributed by atoms with Gasteiger partial charge in [-0.1, -0.05) is 25.1 Å². The van der Waals surface area contributed by atoms with Crippen LogP contribution in [0.25, 0.3) is 11.2 Å². The quantitative estimate of drug-likeness (QED) is 0.620. The summed E-state index contributed by atoms with van der Waals surface area (Å²) in [5.41, 5.74) is 3.75. The molecule has 3 aromatic rings. The molecule has 0 unspecified atom stereocenters. The van der Waals surface area contributed by atoms with Gasteiger partial charge in [-0.25, -0.2) is 9.97 Å². The van der Waals surface area contributed by atoms with Crippen molar-refractivity contribution in [3.8, 4) is 5.75 Å². The highest BCUT2D eigenvalue weighted by Gasteiger charge is 2.38. The van der Waals surface area contributed by atoms with Gasteiger partial charge in [0, 0.05) is 18.7 Å². The minimum absolute atomic E-state index is 0.414. The molecule has 2 fully saturated rings. The van der Waals surface area contributed by atoms with E-state index in [-0.39, 0.29) is 0 Å². The number of hydrogen-bond acceptors (Lipinski definition) is 4. The number of nitrogens with zero attached hydrogens (tertiary/aromatic N) is 4. The number of ether oxygens (including phenoxy) is 1. The summed E-state index contributed by atoms with van der Waals surface area (Å²) in [5, 5.41) is 0. The maximum Gasteiger partial charge on any atom is 0.159 e. The molecule has 1 aliphatic heterocycles. The molecule has 0 radical (unpaired) electrons. The number of fused-ring (bicyclic) bond motifs is 1. The number of rotatable bonds is 6. The Bertz CT molecular complexity index is 999. The smallest absolute Gasteiger partial charge is 0.159 e. The molecule has 5 heteroatoms. The first kappa shape index (κ1) is 18.6. The van der Waals surface area contributed by atoms with Crippen molar-refractivity contribution >= 4 is 11.2 Å². The van der Waals surface area contributed by atoms with Crippen molar-refractivity contribution in [3.63, 3.8) is 0 Å². The fourth-order valence-corrected chi connectivity index (χ4v) is 4.37. The summed E-state index contributed by atoms with van der Waals surface area (Å²) < 4.78 is 8.38. The highest BCUT2D eigenvalue weighted by atomic mass is 16.5. The summed E-state index contributed by atoms with van der Waals surface area (Å²) in [6.45, 7) is 6.24. The largest absolute Gasteiger partial charge is 0.493 e. The van der Waals surface area contributed by atoms with Gasteiger partial charge in [0.2, 0.25) is 0 Å². The predicted molar refractivity (Wildman–Crippen MR) is 115 cm³/mol. The van der Waals surface area contributed by atoms with Crippen molar-refractivity contribution in [2.24, 2.45) is 12.5 Å². The molecule has 5 rings (SSSR count). The van der Waals surface area contributed by atoms with Crippen molar-refractivity contribution in [2.45, 2.75) is 45.1 Å². The number of piperidine rings is 1. The molecule has 0 atom stereocenters. The van der Waals surface area contributed by atoms with E-state index in [4.69, 9.17) is 9.72 Å². The molecular weight excluding hydrogens is 360 g/mol. The maximum atomic E-state index is 6.26. The number of para-hydroxylation sites is 1. The van der Waals surface area contributed by atoms with E-state index >= 15 is 0 Å². The summed E-state index contributed by atoms with van der Waals surface area (Å²) in [7, 11) is 2.07. The van der Waals surface area contributed by atoms with Crippen molar-refractivity contribution in [1.29, 1.82) is 0 Å². The highest BCUT2D eigenvalue weighted by molar-refractivity contribution is 5.70. The molecule has 1 aromatic carbocycles. The monoisotopic (exact) mass is 390 g/mol. The van der Waals surface area contributed by atoms with E-state index in [9.17, 15) is 0 Å². The lowest BCUT2D eigenvalue weighted by molar-refractivity contribution is 0.194. The van der Waals surface area contributed by atoms with Crippen molar-refractivity contribution < 1.29 is 4.74 Å². The van der Waals surface area contributed by atoms with Gasteiger partial charge < -0.3 is 9.30 Å². The number of aromatic nitrogens is 3. The summed E-state index contributed by atoms with van der Waals surface area (Å²) >= 11 is 0. The Hall–Kier alpha value is -2.40. The third-order valence-corrected chi connectivity index (χ3v) is 6.71. The van der Waals surface area contributed by atoms with Gasteiger partial charge in [-0.05, 0) is 68.5 Å². The summed E-state index contributed by atoms with van der Waals surface area (Å²) in [6, 6.07) is 12.7. The van der Waals surface area contributed by atoms with Crippen LogP contribution >= 0.6 is 0 Å². The Labute approximate surface area is 172 Å². The molecule has 0 amide bonds. The molecule has 29 heavy (non-hydrogen) atoms. The predicted octanol–water partition coefficient (Wildman–Crippen LogP) is 4.53. The SMILES string of the molecule is Cn1c(CN2CCC(c3ccccc3OCC3(C)CC3)CC2)nc2cccnc21. The van der Waals surface area contributed by atoms with E-state index in [1.165, 1.54) is 31.2 Å². The molecule has 2 aromatic heterocycles. The first-order chi connectivity index (χ1) is 14.1. The van der Waals surface area contributed by atoms with Crippen LogP contribution in [0, 0.1) is 5.41 Å². The molecule has 2 aliphatic rings. The molecule has 3 heterocycles. The Morgan fingerprint density at radius 2 is 1.90 bits per heavy atom. The second kappa shape index (κ2) is 7.45. The molecule has 0 spiro atoms. The van der Waals surface area contributed by atoms with Crippen molar-refractivity contribution in [1.82, 2.24) is 19.4 Å². The first-order valence-electron chi connectivity index (χ1n) is 10.8. The van der Waals surface area contributed by atoms with E-state index in [1.54, 1.807) is 0 Å². The molecule has 1 saturated carbocycles. The lowest BCUT2D eigenvalue weighted by atomic mass is 9.89. The van der Waals surface area contributed by atoms with Gasteiger partial charge in [-0.2, -0.15) is 0 Å². The van der Waals surface area contributed by atoms with Crippen LogP contribution in [0.1, 0.15) is 49.9 Å². The molecule has 1 saturated heterocycles. The molecular formula is C24H30N4O. The zero-order valence-corrected chi connectivity index (χ0v) is 17.5. The molecule has 5 nitrogen and oxygen atoms in total. The minimum atomic E-state index is 0.414. The Morgan fingerprint density at radius 3 is 2.66 bits per heavy atom. The first-order valence-corrected chi connectivity index (χ1v) is 10.8. The number of imidazole rings is 1. The highest BCUT2D eigenvalue weighted by Crippen LogP contribution is 2.45. The molecule has 0 bridgehead atoms. The third-order valence-electron chi connectivity index (χ3n) is 6.71. The average molecular weight is 391 g/mol. The van der Waals surface area contributed by atoms with E-state index < -0.39 is 0 Å². The van der Waals surface area contributed by atoms with Gasteiger partial charge in [-0.15, -0.1) is 0 Å². The molecule has 152 valence electrons. The number of likely N-dealkylation sites (tertiary alicyclic amines) is 1. The lowest BCUT2D eigenvalue weighted by Gasteiger charge is -2.32. The van der Waals surface area contributed by atoms with Crippen LogP contribution in [-0.2, 0) is 13.6 Å². The molecule has 1 aliphatic carbocycles. The topological polar surface area (TPSA) is 43.2 Å².